The predicted octanol–water partition coefficient (Wildman–Crippen LogP) is 2.38. The molecule has 0 spiro atoms. The van der Waals surface area contributed by atoms with Crippen LogP contribution in [-0.4, -0.2) is 25.3 Å². The van der Waals surface area contributed by atoms with Crippen LogP contribution >= 0.6 is 0 Å². The van der Waals surface area contributed by atoms with Gasteiger partial charge in [-0.15, -0.1) is 10.2 Å². The highest BCUT2D eigenvalue weighted by Crippen LogP contribution is 2.16. The average molecular weight is 280 g/mol. The van der Waals surface area contributed by atoms with E-state index in [1.54, 1.807) is 0 Å². The summed E-state index contributed by atoms with van der Waals surface area (Å²) in [5, 5.41) is 22.5. The van der Waals surface area contributed by atoms with Gasteiger partial charge in [-0.1, -0.05) is 60.2 Å². The predicted molar refractivity (Wildman–Crippen MR) is 79.4 cm³/mol. The molecule has 2 aromatic carbocycles. The van der Waals surface area contributed by atoms with Gasteiger partial charge >= 0.3 is 0 Å². The second-order valence-electron chi connectivity index (χ2n) is 4.96. The van der Waals surface area contributed by atoms with Crippen LogP contribution in [-0.2, 0) is 6.54 Å². The molecule has 5 heteroatoms. The molecule has 0 aliphatic carbocycles. The molecule has 1 aromatic heterocycles. The zero-order valence-corrected chi connectivity index (χ0v) is 11.7. The first-order chi connectivity index (χ1) is 10.2. The summed E-state index contributed by atoms with van der Waals surface area (Å²) in [6.45, 7) is 2.30. The monoisotopic (exact) mass is 280 g/mol. The maximum atomic E-state index is 10.2. The second-order valence-corrected chi connectivity index (χ2v) is 4.96. The molecular weight excluding hydrogens is 264 g/mol. The van der Waals surface area contributed by atoms with E-state index in [1.807, 2.05) is 61.5 Å². The van der Waals surface area contributed by atoms with Crippen LogP contribution in [0.25, 0.3) is 11.4 Å². The van der Waals surface area contributed by atoms with Crippen molar-refractivity contribution in [2.24, 2.45) is 0 Å². The molecule has 1 N–H and O–H groups in total. The van der Waals surface area contributed by atoms with Crippen LogP contribution in [0.5, 0.6) is 0 Å². The van der Waals surface area contributed by atoms with Crippen molar-refractivity contribution in [3.05, 3.63) is 65.7 Å². The molecule has 0 amide bonds. The van der Waals surface area contributed by atoms with Gasteiger partial charge in [-0.25, -0.2) is 0 Å². The Kier molecular flexibility index (Phi) is 3.75. The topological polar surface area (TPSA) is 63.8 Å². The van der Waals surface area contributed by atoms with Gasteiger partial charge in [0.15, 0.2) is 0 Å². The Balaban J connectivity index is 1.74. The molecule has 1 heterocycles. The SMILES string of the molecule is Cc1ccc(C(O)Cn2nnc(-c3ccccc3)n2)cc1. The van der Waals surface area contributed by atoms with E-state index in [1.165, 1.54) is 4.80 Å². The number of aromatic nitrogens is 4. The second kappa shape index (κ2) is 5.85. The summed E-state index contributed by atoms with van der Waals surface area (Å²) < 4.78 is 0. The van der Waals surface area contributed by atoms with Gasteiger partial charge in [-0.05, 0) is 17.7 Å². The summed E-state index contributed by atoms with van der Waals surface area (Å²) in [7, 11) is 0. The van der Waals surface area contributed by atoms with Crippen LogP contribution in [0.15, 0.2) is 54.6 Å². The summed E-state index contributed by atoms with van der Waals surface area (Å²) in [6, 6.07) is 17.4. The standard InChI is InChI=1S/C16H16N4O/c1-12-7-9-13(10-8-12)15(21)11-20-18-16(17-19-20)14-5-3-2-4-6-14/h2-10,15,21H,11H2,1H3. The molecule has 1 atom stereocenters. The Labute approximate surface area is 122 Å². The lowest BCUT2D eigenvalue weighted by atomic mass is 10.1. The molecule has 0 fully saturated rings. The Bertz CT molecular complexity index is 707. The van der Waals surface area contributed by atoms with Gasteiger partial charge < -0.3 is 5.11 Å². The molecule has 3 aromatic rings. The van der Waals surface area contributed by atoms with Crippen molar-refractivity contribution < 1.29 is 5.11 Å². The van der Waals surface area contributed by atoms with E-state index in [9.17, 15) is 5.11 Å². The smallest absolute Gasteiger partial charge is 0.204 e. The van der Waals surface area contributed by atoms with Crippen molar-refractivity contribution in [3.8, 4) is 11.4 Å². The van der Waals surface area contributed by atoms with Gasteiger partial charge in [0.25, 0.3) is 0 Å². The maximum Gasteiger partial charge on any atom is 0.204 e. The molecule has 21 heavy (non-hydrogen) atoms. The first kappa shape index (κ1) is 13.5. The van der Waals surface area contributed by atoms with Gasteiger partial charge in [-0.2, -0.15) is 4.80 Å². The van der Waals surface area contributed by atoms with Crippen LogP contribution < -0.4 is 0 Å². The lowest BCUT2D eigenvalue weighted by molar-refractivity contribution is 0.144. The van der Waals surface area contributed by atoms with Crippen LogP contribution in [0.3, 0.4) is 0 Å². The van der Waals surface area contributed by atoms with Crippen molar-refractivity contribution in [2.45, 2.75) is 19.6 Å². The van der Waals surface area contributed by atoms with Crippen LogP contribution in [0, 0.1) is 6.92 Å². The third kappa shape index (κ3) is 3.14. The van der Waals surface area contributed by atoms with Crippen molar-refractivity contribution in [3.63, 3.8) is 0 Å². The zero-order chi connectivity index (χ0) is 14.7. The Morgan fingerprint density at radius 1 is 1.05 bits per heavy atom. The molecule has 3 rings (SSSR count). The van der Waals surface area contributed by atoms with Gasteiger partial charge in [0.2, 0.25) is 5.82 Å². The van der Waals surface area contributed by atoms with Gasteiger partial charge in [-0.3, -0.25) is 0 Å². The van der Waals surface area contributed by atoms with Gasteiger partial charge in [0, 0.05) is 5.56 Å². The molecule has 0 aliphatic heterocycles. The van der Waals surface area contributed by atoms with E-state index in [0.29, 0.717) is 5.82 Å². The molecule has 0 bridgehead atoms. The molecule has 0 aliphatic rings. The minimum Gasteiger partial charge on any atom is -0.386 e. The zero-order valence-electron chi connectivity index (χ0n) is 11.7. The largest absolute Gasteiger partial charge is 0.386 e. The minimum absolute atomic E-state index is 0.281. The molecule has 0 radical (unpaired) electrons. The van der Waals surface area contributed by atoms with E-state index >= 15 is 0 Å². The quantitative estimate of drug-likeness (QED) is 0.797. The normalized spacial score (nSPS) is 12.3. The Hall–Kier alpha value is -2.53. The van der Waals surface area contributed by atoms with Crippen molar-refractivity contribution in [1.29, 1.82) is 0 Å². The number of aliphatic hydroxyl groups excluding tert-OH is 1. The molecular formula is C16H16N4O. The number of aliphatic hydroxyl groups is 1. The summed E-state index contributed by atoms with van der Waals surface area (Å²) >= 11 is 0. The summed E-state index contributed by atoms with van der Waals surface area (Å²) in [5.74, 6) is 0.562. The maximum absolute atomic E-state index is 10.2. The molecule has 5 nitrogen and oxygen atoms in total. The number of hydrogen-bond acceptors (Lipinski definition) is 4. The third-order valence-corrected chi connectivity index (χ3v) is 3.28. The van der Waals surface area contributed by atoms with Crippen LogP contribution in [0.2, 0.25) is 0 Å². The summed E-state index contributed by atoms with van der Waals surface area (Å²) in [5.41, 5.74) is 2.92. The fraction of sp³-hybridized carbons (Fsp3) is 0.188. The van der Waals surface area contributed by atoms with Crippen molar-refractivity contribution in [1.82, 2.24) is 20.2 Å². The highest BCUT2D eigenvalue weighted by molar-refractivity contribution is 5.52. The van der Waals surface area contributed by atoms with Crippen molar-refractivity contribution >= 4 is 0 Å². The number of nitrogens with zero attached hydrogens (tertiary/aromatic N) is 4. The first-order valence-corrected chi connectivity index (χ1v) is 6.80. The molecule has 1 unspecified atom stereocenters. The molecule has 0 saturated carbocycles. The number of aryl methyl sites for hydroxylation is 1. The minimum atomic E-state index is -0.650. The Morgan fingerprint density at radius 3 is 2.48 bits per heavy atom. The highest BCUT2D eigenvalue weighted by Gasteiger charge is 2.11. The molecule has 0 saturated heterocycles. The fourth-order valence-electron chi connectivity index (χ4n) is 2.07. The Morgan fingerprint density at radius 2 is 1.76 bits per heavy atom. The van der Waals surface area contributed by atoms with E-state index < -0.39 is 6.10 Å². The van der Waals surface area contributed by atoms with E-state index in [4.69, 9.17) is 0 Å². The van der Waals surface area contributed by atoms with Crippen molar-refractivity contribution in [2.75, 3.05) is 0 Å². The summed E-state index contributed by atoms with van der Waals surface area (Å²) in [6.07, 6.45) is -0.650. The third-order valence-electron chi connectivity index (χ3n) is 3.28. The van der Waals surface area contributed by atoms with Crippen LogP contribution in [0.4, 0.5) is 0 Å². The van der Waals surface area contributed by atoms with E-state index in [0.717, 1.165) is 16.7 Å². The van der Waals surface area contributed by atoms with Gasteiger partial charge in [0.05, 0.1) is 6.54 Å². The van der Waals surface area contributed by atoms with E-state index in [-0.39, 0.29) is 6.54 Å². The molecule has 106 valence electrons. The first-order valence-electron chi connectivity index (χ1n) is 6.80. The number of tetrazole rings is 1. The van der Waals surface area contributed by atoms with Gasteiger partial charge in [0.1, 0.15) is 6.10 Å². The average Bonchev–Trinajstić information content (AvgIpc) is 2.97. The number of rotatable bonds is 4. The fourth-order valence-corrected chi connectivity index (χ4v) is 2.07. The van der Waals surface area contributed by atoms with Crippen LogP contribution in [0.1, 0.15) is 17.2 Å². The van der Waals surface area contributed by atoms with E-state index in [2.05, 4.69) is 15.4 Å². The highest BCUT2D eigenvalue weighted by atomic mass is 16.3. The number of benzene rings is 2. The lowest BCUT2D eigenvalue weighted by Gasteiger charge is -2.09. The number of hydrogen-bond donors (Lipinski definition) is 1. The summed E-state index contributed by atoms with van der Waals surface area (Å²) in [4.78, 5) is 1.42. The lowest BCUT2D eigenvalue weighted by Crippen LogP contribution is -2.11.